The lowest BCUT2D eigenvalue weighted by Crippen LogP contribution is -2.55. The molecule has 0 aromatic heterocycles. The predicted octanol–water partition coefficient (Wildman–Crippen LogP) is 1.42. The number of hydrogen-bond donors (Lipinski definition) is 0. The van der Waals surface area contributed by atoms with E-state index in [0.717, 1.165) is 5.56 Å². The van der Waals surface area contributed by atoms with Crippen LogP contribution in [0.2, 0.25) is 5.02 Å². The molecule has 0 aliphatic carbocycles. The molecule has 0 radical (unpaired) electrons. The van der Waals surface area contributed by atoms with Crippen molar-refractivity contribution in [3.8, 4) is 0 Å². The predicted molar refractivity (Wildman–Crippen MR) is 115 cm³/mol. The van der Waals surface area contributed by atoms with Crippen molar-refractivity contribution in [2.24, 2.45) is 5.92 Å². The lowest BCUT2D eigenvalue weighted by atomic mass is 10.1. The third kappa shape index (κ3) is 4.80. The van der Waals surface area contributed by atoms with Crippen molar-refractivity contribution < 1.29 is 18.0 Å². The van der Waals surface area contributed by atoms with Crippen LogP contribution in [-0.2, 0) is 26.3 Å². The molecular formula is C20H29ClN4O4S. The second-order valence-electron chi connectivity index (χ2n) is 7.58. The SMILES string of the molecule is CCN(CC)S(=O)(=O)N1CCN(C(=O)C2CC(=O)N(Cc3ccccc3Cl)C2)CC1. The molecule has 10 heteroatoms. The van der Waals surface area contributed by atoms with E-state index in [0.29, 0.717) is 44.3 Å². The number of halogens is 1. The van der Waals surface area contributed by atoms with Gasteiger partial charge < -0.3 is 9.80 Å². The van der Waals surface area contributed by atoms with Gasteiger partial charge in [0.25, 0.3) is 10.2 Å². The van der Waals surface area contributed by atoms with E-state index in [1.165, 1.54) is 8.61 Å². The van der Waals surface area contributed by atoms with Gasteiger partial charge in [-0.15, -0.1) is 0 Å². The van der Waals surface area contributed by atoms with Crippen LogP contribution in [0, 0.1) is 5.92 Å². The van der Waals surface area contributed by atoms with E-state index in [9.17, 15) is 18.0 Å². The molecule has 2 heterocycles. The van der Waals surface area contributed by atoms with Gasteiger partial charge in [0.1, 0.15) is 0 Å². The highest BCUT2D eigenvalue weighted by molar-refractivity contribution is 7.86. The van der Waals surface area contributed by atoms with Gasteiger partial charge in [0.15, 0.2) is 0 Å². The Hall–Kier alpha value is -1.68. The van der Waals surface area contributed by atoms with E-state index < -0.39 is 16.1 Å². The normalized spacial score (nSPS) is 20.9. The molecule has 0 N–H and O–H groups in total. The Morgan fingerprint density at radius 2 is 1.77 bits per heavy atom. The maximum Gasteiger partial charge on any atom is 0.282 e. The van der Waals surface area contributed by atoms with Gasteiger partial charge in [-0.05, 0) is 11.6 Å². The fourth-order valence-corrected chi connectivity index (χ4v) is 5.83. The molecule has 30 heavy (non-hydrogen) atoms. The molecule has 1 aromatic carbocycles. The molecule has 0 spiro atoms. The summed E-state index contributed by atoms with van der Waals surface area (Å²) in [5.74, 6) is -0.535. The van der Waals surface area contributed by atoms with E-state index in [4.69, 9.17) is 11.6 Å². The van der Waals surface area contributed by atoms with Crippen LogP contribution >= 0.6 is 11.6 Å². The Bertz CT molecular complexity index is 883. The summed E-state index contributed by atoms with van der Waals surface area (Å²) in [4.78, 5) is 28.7. The van der Waals surface area contributed by atoms with Crippen LogP contribution in [0.3, 0.4) is 0 Å². The summed E-state index contributed by atoms with van der Waals surface area (Å²) in [7, 11) is -3.49. The van der Waals surface area contributed by atoms with Crippen molar-refractivity contribution in [3.05, 3.63) is 34.9 Å². The Labute approximate surface area is 183 Å². The molecule has 0 saturated carbocycles. The van der Waals surface area contributed by atoms with E-state index in [2.05, 4.69) is 0 Å². The second-order valence-corrected chi connectivity index (χ2v) is 9.92. The average molecular weight is 457 g/mol. The van der Waals surface area contributed by atoms with E-state index in [1.807, 2.05) is 32.0 Å². The highest BCUT2D eigenvalue weighted by atomic mass is 35.5. The summed E-state index contributed by atoms with van der Waals surface area (Å²) in [5.41, 5.74) is 0.857. The monoisotopic (exact) mass is 456 g/mol. The van der Waals surface area contributed by atoms with Crippen molar-refractivity contribution in [1.82, 2.24) is 18.4 Å². The van der Waals surface area contributed by atoms with Crippen molar-refractivity contribution in [1.29, 1.82) is 0 Å². The molecule has 8 nitrogen and oxygen atoms in total. The number of rotatable bonds is 7. The van der Waals surface area contributed by atoms with Gasteiger partial charge >= 0.3 is 0 Å². The van der Waals surface area contributed by atoms with Gasteiger partial charge in [-0.25, -0.2) is 0 Å². The van der Waals surface area contributed by atoms with Gasteiger partial charge in [-0.3, -0.25) is 9.59 Å². The molecule has 2 aliphatic rings. The Morgan fingerprint density at radius 1 is 1.13 bits per heavy atom. The van der Waals surface area contributed by atoms with Gasteiger partial charge in [0.2, 0.25) is 11.8 Å². The van der Waals surface area contributed by atoms with Gasteiger partial charge in [0.05, 0.1) is 5.92 Å². The Morgan fingerprint density at radius 3 is 2.37 bits per heavy atom. The molecule has 3 rings (SSSR count). The minimum absolute atomic E-state index is 0.0592. The number of carbonyl (C=O) groups excluding carboxylic acids is 2. The maximum atomic E-state index is 13.0. The minimum Gasteiger partial charge on any atom is -0.340 e. The van der Waals surface area contributed by atoms with E-state index in [-0.39, 0.29) is 31.3 Å². The second kappa shape index (κ2) is 9.64. The summed E-state index contributed by atoms with van der Waals surface area (Å²) in [6.07, 6.45) is 0.182. The number of benzene rings is 1. The number of nitrogens with zero attached hydrogens (tertiary/aromatic N) is 4. The van der Waals surface area contributed by atoms with E-state index >= 15 is 0 Å². The van der Waals surface area contributed by atoms with E-state index in [1.54, 1.807) is 15.9 Å². The molecule has 166 valence electrons. The Kier molecular flexibility index (Phi) is 7.38. The van der Waals surface area contributed by atoms with Crippen molar-refractivity contribution in [3.63, 3.8) is 0 Å². The van der Waals surface area contributed by atoms with Crippen LogP contribution in [0.5, 0.6) is 0 Å². The van der Waals surface area contributed by atoms with Crippen LogP contribution in [0.15, 0.2) is 24.3 Å². The minimum atomic E-state index is -3.49. The lowest BCUT2D eigenvalue weighted by molar-refractivity contribution is -0.137. The first-order valence-corrected chi connectivity index (χ1v) is 12.1. The maximum absolute atomic E-state index is 13.0. The van der Waals surface area contributed by atoms with Crippen molar-refractivity contribution in [2.75, 3.05) is 45.8 Å². The summed E-state index contributed by atoms with van der Waals surface area (Å²) >= 11 is 6.19. The standard InChI is InChI=1S/C20H29ClN4O4S/c1-3-24(4-2)30(28,29)25-11-9-22(10-12-25)20(27)17-13-19(26)23(15-17)14-16-7-5-6-8-18(16)21/h5-8,17H,3-4,9-15H2,1-2H3. The highest BCUT2D eigenvalue weighted by Gasteiger charge is 2.39. The molecule has 1 aromatic rings. The molecule has 2 amide bonds. The first kappa shape index (κ1) is 23.0. The number of amides is 2. The Balaban J connectivity index is 1.57. The zero-order valence-corrected chi connectivity index (χ0v) is 19.0. The number of piperazine rings is 1. The van der Waals surface area contributed by atoms with Crippen LogP contribution in [0.25, 0.3) is 0 Å². The molecule has 2 saturated heterocycles. The third-order valence-corrected chi connectivity index (χ3v) is 8.35. The van der Waals surface area contributed by atoms with Crippen molar-refractivity contribution >= 4 is 33.6 Å². The number of hydrogen-bond acceptors (Lipinski definition) is 4. The summed E-state index contributed by atoms with van der Waals surface area (Å²) in [6, 6.07) is 7.37. The molecule has 2 fully saturated rings. The third-order valence-electron chi connectivity index (χ3n) is 5.79. The molecule has 1 atom stereocenters. The van der Waals surface area contributed by atoms with Crippen LogP contribution in [-0.4, -0.2) is 84.5 Å². The zero-order valence-electron chi connectivity index (χ0n) is 17.5. The summed E-state index contributed by atoms with van der Waals surface area (Å²) in [5, 5.41) is 0.602. The fraction of sp³-hybridized carbons (Fsp3) is 0.600. The van der Waals surface area contributed by atoms with Crippen LogP contribution < -0.4 is 0 Å². The van der Waals surface area contributed by atoms with Crippen LogP contribution in [0.1, 0.15) is 25.8 Å². The largest absolute Gasteiger partial charge is 0.340 e. The number of carbonyl (C=O) groups is 2. The summed E-state index contributed by atoms with van der Waals surface area (Å²) in [6.45, 7) is 6.44. The van der Waals surface area contributed by atoms with Crippen molar-refractivity contribution in [2.45, 2.75) is 26.8 Å². The highest BCUT2D eigenvalue weighted by Crippen LogP contribution is 2.25. The fourth-order valence-electron chi connectivity index (χ4n) is 4.03. The first-order chi connectivity index (χ1) is 14.3. The lowest BCUT2D eigenvalue weighted by Gasteiger charge is -2.37. The average Bonchev–Trinajstić information content (AvgIpc) is 3.10. The molecular weight excluding hydrogens is 428 g/mol. The molecule has 2 aliphatic heterocycles. The molecule has 1 unspecified atom stereocenters. The quantitative estimate of drug-likeness (QED) is 0.621. The smallest absolute Gasteiger partial charge is 0.282 e. The van der Waals surface area contributed by atoms with Gasteiger partial charge in [-0.1, -0.05) is 43.6 Å². The summed E-state index contributed by atoms with van der Waals surface area (Å²) < 4.78 is 28.2. The number of likely N-dealkylation sites (tertiary alicyclic amines) is 1. The van der Waals surface area contributed by atoms with Crippen LogP contribution in [0.4, 0.5) is 0 Å². The topological polar surface area (TPSA) is 81.2 Å². The van der Waals surface area contributed by atoms with Gasteiger partial charge in [0, 0.05) is 63.8 Å². The first-order valence-electron chi connectivity index (χ1n) is 10.3. The van der Waals surface area contributed by atoms with Gasteiger partial charge in [-0.2, -0.15) is 17.0 Å². The molecule has 0 bridgehead atoms. The zero-order chi connectivity index (χ0) is 21.9.